The largest absolute Gasteiger partial charge is 0.314 e. The standard InChI is InChI=1S/C23H27N5O/c1-16-5-7-17(8-6-16)21-15-24-12-13-27(21)18-9-10-20-19(14-18)23(29)28(26-20)22-4-2-3-11-25-22/h2-8,11,18,21,24,26H,9-10,12-15H2,1H3. The molecule has 0 amide bonds. The van der Waals surface area contributed by atoms with Gasteiger partial charge in [-0.2, -0.15) is 0 Å². The summed E-state index contributed by atoms with van der Waals surface area (Å²) in [7, 11) is 0. The van der Waals surface area contributed by atoms with E-state index in [0.29, 0.717) is 17.9 Å². The van der Waals surface area contributed by atoms with Crippen LogP contribution in [0.4, 0.5) is 0 Å². The molecule has 2 aromatic heterocycles. The Labute approximate surface area is 170 Å². The molecule has 5 rings (SSSR count). The molecule has 0 radical (unpaired) electrons. The molecule has 1 saturated heterocycles. The molecule has 3 heterocycles. The number of pyridine rings is 1. The average molecular weight is 390 g/mol. The topological polar surface area (TPSA) is 65.9 Å². The minimum Gasteiger partial charge on any atom is -0.314 e. The molecule has 3 aromatic rings. The van der Waals surface area contributed by atoms with Crippen LogP contribution in [0.25, 0.3) is 5.82 Å². The number of aryl methyl sites for hydroxylation is 2. The molecule has 0 saturated carbocycles. The Morgan fingerprint density at radius 1 is 1.14 bits per heavy atom. The SMILES string of the molecule is Cc1ccc(C2CNCCN2C2CCc3[nH]n(-c4ccccn4)c(=O)c3C2)cc1. The van der Waals surface area contributed by atoms with Crippen LogP contribution in [0.2, 0.25) is 0 Å². The van der Waals surface area contributed by atoms with Gasteiger partial charge in [-0.25, -0.2) is 9.67 Å². The Kier molecular flexibility index (Phi) is 4.81. The Morgan fingerprint density at radius 3 is 2.79 bits per heavy atom. The molecule has 29 heavy (non-hydrogen) atoms. The zero-order valence-corrected chi connectivity index (χ0v) is 16.8. The number of aromatic nitrogens is 3. The van der Waals surface area contributed by atoms with Gasteiger partial charge in [-0.15, -0.1) is 0 Å². The molecule has 6 heteroatoms. The van der Waals surface area contributed by atoms with Crippen molar-refractivity contribution in [3.8, 4) is 5.82 Å². The molecule has 1 aliphatic heterocycles. The maximum atomic E-state index is 13.1. The fourth-order valence-corrected chi connectivity index (χ4v) is 4.77. The highest BCUT2D eigenvalue weighted by molar-refractivity contribution is 5.30. The van der Waals surface area contributed by atoms with E-state index >= 15 is 0 Å². The highest BCUT2D eigenvalue weighted by atomic mass is 16.1. The van der Waals surface area contributed by atoms with Gasteiger partial charge in [0.25, 0.3) is 5.56 Å². The first kappa shape index (κ1) is 18.3. The Bertz CT molecular complexity index is 1040. The minimum absolute atomic E-state index is 0.0467. The minimum atomic E-state index is 0.0467. The summed E-state index contributed by atoms with van der Waals surface area (Å²) in [6, 6.07) is 15.3. The number of nitrogens with zero attached hydrogens (tertiary/aromatic N) is 3. The number of benzene rings is 1. The van der Waals surface area contributed by atoms with Gasteiger partial charge in [0, 0.05) is 49.2 Å². The predicted octanol–water partition coefficient (Wildman–Crippen LogP) is 2.37. The van der Waals surface area contributed by atoms with Crippen LogP contribution < -0.4 is 10.9 Å². The quantitative estimate of drug-likeness (QED) is 0.722. The molecule has 2 unspecified atom stereocenters. The van der Waals surface area contributed by atoms with Gasteiger partial charge in [0.15, 0.2) is 5.82 Å². The van der Waals surface area contributed by atoms with Crippen LogP contribution in [-0.2, 0) is 12.8 Å². The van der Waals surface area contributed by atoms with E-state index in [-0.39, 0.29) is 5.56 Å². The van der Waals surface area contributed by atoms with Crippen LogP contribution >= 0.6 is 0 Å². The van der Waals surface area contributed by atoms with Crippen molar-refractivity contribution in [2.75, 3.05) is 19.6 Å². The summed E-state index contributed by atoms with van der Waals surface area (Å²) in [6.45, 7) is 5.09. The lowest BCUT2D eigenvalue weighted by Crippen LogP contribution is -2.52. The zero-order chi connectivity index (χ0) is 19.8. The van der Waals surface area contributed by atoms with Gasteiger partial charge in [-0.05, 0) is 43.9 Å². The first-order chi connectivity index (χ1) is 14.2. The van der Waals surface area contributed by atoms with Gasteiger partial charge in [0.1, 0.15) is 0 Å². The van der Waals surface area contributed by atoms with E-state index in [1.165, 1.54) is 11.1 Å². The van der Waals surface area contributed by atoms with Crippen LogP contribution in [0.5, 0.6) is 0 Å². The summed E-state index contributed by atoms with van der Waals surface area (Å²) in [5.74, 6) is 0.656. The van der Waals surface area contributed by atoms with Gasteiger partial charge in [-0.3, -0.25) is 14.8 Å². The van der Waals surface area contributed by atoms with Crippen LogP contribution in [0.3, 0.4) is 0 Å². The highest BCUT2D eigenvalue weighted by Gasteiger charge is 2.34. The maximum Gasteiger partial charge on any atom is 0.276 e. The second kappa shape index (κ2) is 7.61. The summed E-state index contributed by atoms with van der Waals surface area (Å²) in [6.07, 6.45) is 4.49. The molecular weight excluding hydrogens is 362 g/mol. The van der Waals surface area contributed by atoms with Gasteiger partial charge >= 0.3 is 0 Å². The first-order valence-corrected chi connectivity index (χ1v) is 10.5. The Hall–Kier alpha value is -2.70. The van der Waals surface area contributed by atoms with Crippen LogP contribution in [-0.4, -0.2) is 45.3 Å². The summed E-state index contributed by atoms with van der Waals surface area (Å²) in [4.78, 5) is 20.0. The first-order valence-electron chi connectivity index (χ1n) is 10.5. The van der Waals surface area contributed by atoms with Crippen molar-refractivity contribution in [1.29, 1.82) is 0 Å². The third kappa shape index (κ3) is 3.43. The number of hydrogen-bond donors (Lipinski definition) is 2. The van der Waals surface area contributed by atoms with Crippen molar-refractivity contribution < 1.29 is 0 Å². The van der Waals surface area contributed by atoms with Crippen LogP contribution in [0.1, 0.15) is 34.8 Å². The lowest BCUT2D eigenvalue weighted by molar-refractivity contribution is 0.0960. The molecule has 150 valence electrons. The molecule has 1 aromatic carbocycles. The van der Waals surface area contributed by atoms with Crippen molar-refractivity contribution >= 4 is 0 Å². The maximum absolute atomic E-state index is 13.1. The smallest absolute Gasteiger partial charge is 0.276 e. The van der Waals surface area contributed by atoms with Crippen LogP contribution in [0, 0.1) is 6.92 Å². The van der Waals surface area contributed by atoms with E-state index in [0.717, 1.165) is 50.2 Å². The fraction of sp³-hybridized carbons (Fsp3) is 0.391. The number of aromatic amines is 1. The Balaban J connectivity index is 1.43. The molecule has 1 fully saturated rings. The molecule has 1 aliphatic carbocycles. The number of H-pyrrole nitrogens is 1. The third-order valence-corrected chi connectivity index (χ3v) is 6.33. The monoisotopic (exact) mass is 389 g/mol. The highest BCUT2D eigenvalue weighted by Crippen LogP contribution is 2.30. The number of piperazine rings is 1. The van der Waals surface area contributed by atoms with E-state index in [1.54, 1.807) is 10.9 Å². The second-order valence-electron chi connectivity index (χ2n) is 8.16. The van der Waals surface area contributed by atoms with Crippen molar-refractivity contribution in [2.45, 2.75) is 38.3 Å². The van der Waals surface area contributed by atoms with Gasteiger partial charge in [0.2, 0.25) is 0 Å². The lowest BCUT2D eigenvalue weighted by atomic mass is 9.89. The van der Waals surface area contributed by atoms with E-state index in [9.17, 15) is 4.79 Å². The summed E-state index contributed by atoms with van der Waals surface area (Å²) in [5.41, 5.74) is 4.68. The van der Waals surface area contributed by atoms with E-state index in [4.69, 9.17) is 0 Å². The third-order valence-electron chi connectivity index (χ3n) is 6.33. The second-order valence-corrected chi connectivity index (χ2v) is 8.16. The number of hydrogen-bond acceptors (Lipinski definition) is 4. The molecule has 2 N–H and O–H groups in total. The van der Waals surface area contributed by atoms with E-state index in [1.807, 2.05) is 18.2 Å². The van der Waals surface area contributed by atoms with Crippen molar-refractivity contribution in [1.82, 2.24) is 25.0 Å². The molecule has 0 spiro atoms. The fourth-order valence-electron chi connectivity index (χ4n) is 4.77. The normalized spacial score (nSPS) is 22.4. The summed E-state index contributed by atoms with van der Waals surface area (Å²) in [5, 5.41) is 6.85. The predicted molar refractivity (Wildman–Crippen MR) is 113 cm³/mol. The van der Waals surface area contributed by atoms with Gasteiger partial charge in [-0.1, -0.05) is 35.9 Å². The average Bonchev–Trinajstić information content (AvgIpc) is 3.11. The number of nitrogens with one attached hydrogen (secondary N) is 2. The Morgan fingerprint density at radius 2 is 2.00 bits per heavy atom. The van der Waals surface area contributed by atoms with Gasteiger partial charge in [0.05, 0.1) is 0 Å². The van der Waals surface area contributed by atoms with E-state index < -0.39 is 0 Å². The van der Waals surface area contributed by atoms with Gasteiger partial charge < -0.3 is 5.32 Å². The number of rotatable bonds is 3. The van der Waals surface area contributed by atoms with Crippen LogP contribution in [0.15, 0.2) is 53.5 Å². The van der Waals surface area contributed by atoms with Crippen molar-refractivity contribution in [3.05, 3.63) is 81.4 Å². The summed E-state index contributed by atoms with van der Waals surface area (Å²) < 4.78 is 1.60. The molecule has 6 nitrogen and oxygen atoms in total. The number of fused-ring (bicyclic) bond motifs is 1. The molecule has 2 atom stereocenters. The van der Waals surface area contributed by atoms with Crippen molar-refractivity contribution in [3.63, 3.8) is 0 Å². The van der Waals surface area contributed by atoms with E-state index in [2.05, 4.69) is 51.5 Å². The summed E-state index contributed by atoms with van der Waals surface area (Å²) >= 11 is 0. The van der Waals surface area contributed by atoms with Crippen molar-refractivity contribution in [2.24, 2.45) is 0 Å². The molecule has 0 bridgehead atoms. The zero-order valence-electron chi connectivity index (χ0n) is 16.8. The molecule has 2 aliphatic rings. The molecular formula is C23H27N5O. The lowest BCUT2D eigenvalue weighted by Gasteiger charge is -2.43.